The largest absolute Gasteiger partial charge is 0.493 e. The molecule has 0 aromatic heterocycles. The molecule has 1 aliphatic heterocycles. The van der Waals surface area contributed by atoms with Crippen LogP contribution in [0.5, 0.6) is 5.75 Å². The smallest absolute Gasteiger partial charge is 0.119 e. The number of hydrogen-bond donors (Lipinski definition) is 1. The number of nitrogen functional groups attached to an aromatic ring is 1. The summed E-state index contributed by atoms with van der Waals surface area (Å²) in [6, 6.07) is 7.51. The fourth-order valence-electron chi connectivity index (χ4n) is 1.58. The molecule has 15 heavy (non-hydrogen) atoms. The zero-order valence-corrected chi connectivity index (χ0v) is 9.03. The molecule has 3 nitrogen and oxygen atoms in total. The van der Waals surface area contributed by atoms with Crippen LogP contribution < -0.4 is 10.5 Å². The first-order valence-corrected chi connectivity index (χ1v) is 5.30. The summed E-state index contributed by atoms with van der Waals surface area (Å²) in [4.78, 5) is 0. The van der Waals surface area contributed by atoms with Crippen LogP contribution in [0.1, 0.15) is 13.3 Å². The number of benzene rings is 1. The van der Waals surface area contributed by atoms with Gasteiger partial charge in [0.05, 0.1) is 25.2 Å². The van der Waals surface area contributed by atoms with Crippen LogP contribution in [-0.2, 0) is 4.74 Å². The molecule has 82 valence electrons. The summed E-state index contributed by atoms with van der Waals surface area (Å²) >= 11 is 0. The van der Waals surface area contributed by atoms with Crippen molar-refractivity contribution in [3.63, 3.8) is 0 Å². The third-order valence-corrected chi connectivity index (χ3v) is 2.99. The highest BCUT2D eigenvalue weighted by molar-refractivity contribution is 5.41. The number of anilines is 1. The van der Waals surface area contributed by atoms with Gasteiger partial charge in [-0.1, -0.05) is 6.92 Å². The van der Waals surface area contributed by atoms with Crippen molar-refractivity contribution in [2.24, 2.45) is 5.41 Å². The topological polar surface area (TPSA) is 44.5 Å². The lowest BCUT2D eigenvalue weighted by atomic mass is 9.84. The van der Waals surface area contributed by atoms with Crippen LogP contribution >= 0.6 is 0 Å². The zero-order valence-electron chi connectivity index (χ0n) is 9.03. The van der Waals surface area contributed by atoms with Crippen LogP contribution in [0.3, 0.4) is 0 Å². The van der Waals surface area contributed by atoms with E-state index >= 15 is 0 Å². The maximum atomic E-state index is 5.72. The van der Waals surface area contributed by atoms with Crippen molar-refractivity contribution in [2.75, 3.05) is 25.6 Å². The molecule has 0 atom stereocenters. The van der Waals surface area contributed by atoms with Crippen LogP contribution in [0.2, 0.25) is 0 Å². The molecule has 3 heteroatoms. The predicted molar refractivity (Wildman–Crippen MR) is 59.9 cm³/mol. The highest BCUT2D eigenvalue weighted by Gasteiger charge is 2.37. The van der Waals surface area contributed by atoms with Crippen molar-refractivity contribution in [3.05, 3.63) is 24.3 Å². The number of rotatable bonds is 4. The molecular formula is C12H17NO2. The molecule has 0 radical (unpaired) electrons. The molecule has 1 saturated heterocycles. The molecule has 0 saturated carbocycles. The lowest BCUT2D eigenvalue weighted by Gasteiger charge is -2.40. The fraction of sp³-hybridized carbons (Fsp3) is 0.500. The van der Waals surface area contributed by atoms with Crippen LogP contribution in [0.25, 0.3) is 0 Å². The van der Waals surface area contributed by atoms with E-state index in [4.69, 9.17) is 15.2 Å². The Hall–Kier alpha value is -1.22. The summed E-state index contributed by atoms with van der Waals surface area (Å²) in [6.07, 6.45) is 1.10. The lowest BCUT2D eigenvalue weighted by Crippen LogP contribution is -2.46. The third kappa shape index (κ3) is 2.23. The Morgan fingerprint density at radius 1 is 1.33 bits per heavy atom. The summed E-state index contributed by atoms with van der Waals surface area (Å²) in [5, 5.41) is 0. The quantitative estimate of drug-likeness (QED) is 0.769. The first-order valence-electron chi connectivity index (χ1n) is 5.30. The zero-order chi connectivity index (χ0) is 10.7. The maximum Gasteiger partial charge on any atom is 0.119 e. The predicted octanol–water partition coefficient (Wildman–Crippen LogP) is 2.07. The van der Waals surface area contributed by atoms with Crippen molar-refractivity contribution in [3.8, 4) is 5.75 Å². The number of hydrogen-bond acceptors (Lipinski definition) is 3. The van der Waals surface area contributed by atoms with Gasteiger partial charge in [-0.25, -0.2) is 0 Å². The van der Waals surface area contributed by atoms with E-state index in [-0.39, 0.29) is 5.41 Å². The maximum absolute atomic E-state index is 5.72. The Morgan fingerprint density at radius 3 is 2.47 bits per heavy atom. The van der Waals surface area contributed by atoms with Crippen molar-refractivity contribution in [1.29, 1.82) is 0 Å². The van der Waals surface area contributed by atoms with Gasteiger partial charge in [-0.3, -0.25) is 0 Å². The van der Waals surface area contributed by atoms with E-state index in [1.807, 2.05) is 24.3 Å². The third-order valence-electron chi connectivity index (χ3n) is 2.99. The van der Waals surface area contributed by atoms with Crippen molar-refractivity contribution >= 4 is 5.69 Å². The molecule has 1 aromatic carbocycles. The van der Waals surface area contributed by atoms with Crippen molar-refractivity contribution in [2.45, 2.75) is 13.3 Å². The standard InChI is InChI=1S/C12H17NO2/c1-2-12(7-14-8-12)9-15-11-5-3-10(13)4-6-11/h3-6H,2,7-9,13H2,1H3. The Morgan fingerprint density at radius 2 is 2.00 bits per heavy atom. The van der Waals surface area contributed by atoms with Gasteiger partial charge in [0.15, 0.2) is 0 Å². The van der Waals surface area contributed by atoms with Gasteiger partial charge in [0, 0.05) is 5.69 Å². The minimum absolute atomic E-state index is 0.237. The first kappa shape index (κ1) is 10.3. The van der Waals surface area contributed by atoms with Gasteiger partial charge in [0.25, 0.3) is 0 Å². The number of nitrogens with two attached hydrogens (primary N) is 1. The molecule has 0 bridgehead atoms. The highest BCUT2D eigenvalue weighted by Crippen LogP contribution is 2.31. The second-order valence-corrected chi connectivity index (χ2v) is 4.20. The highest BCUT2D eigenvalue weighted by atomic mass is 16.5. The van der Waals surface area contributed by atoms with E-state index in [9.17, 15) is 0 Å². The van der Waals surface area contributed by atoms with E-state index in [1.54, 1.807) is 0 Å². The summed E-state index contributed by atoms with van der Waals surface area (Å²) in [6.45, 7) is 4.54. The molecule has 1 heterocycles. The summed E-state index contributed by atoms with van der Waals surface area (Å²) in [5.74, 6) is 0.879. The van der Waals surface area contributed by atoms with E-state index in [2.05, 4.69) is 6.92 Å². The normalized spacial score (nSPS) is 18.2. The van der Waals surface area contributed by atoms with Crippen molar-refractivity contribution in [1.82, 2.24) is 0 Å². The Balaban J connectivity index is 1.90. The molecule has 0 unspecified atom stereocenters. The Kier molecular flexibility index (Phi) is 2.82. The average Bonchev–Trinajstić information content (AvgIpc) is 2.20. The van der Waals surface area contributed by atoms with Gasteiger partial charge in [-0.15, -0.1) is 0 Å². The monoisotopic (exact) mass is 207 g/mol. The van der Waals surface area contributed by atoms with E-state index in [0.717, 1.165) is 37.7 Å². The fourth-order valence-corrected chi connectivity index (χ4v) is 1.58. The summed E-state index contributed by atoms with van der Waals surface area (Å²) < 4.78 is 11.0. The molecule has 1 aliphatic rings. The van der Waals surface area contributed by atoms with E-state index < -0.39 is 0 Å². The van der Waals surface area contributed by atoms with Gasteiger partial charge in [-0.2, -0.15) is 0 Å². The minimum atomic E-state index is 0.237. The van der Waals surface area contributed by atoms with E-state index in [1.165, 1.54) is 0 Å². The van der Waals surface area contributed by atoms with Gasteiger partial charge in [0.1, 0.15) is 5.75 Å². The van der Waals surface area contributed by atoms with Gasteiger partial charge in [0.2, 0.25) is 0 Å². The summed E-state index contributed by atoms with van der Waals surface area (Å²) in [7, 11) is 0. The van der Waals surface area contributed by atoms with Gasteiger partial charge in [-0.05, 0) is 30.7 Å². The van der Waals surface area contributed by atoms with Gasteiger partial charge >= 0.3 is 0 Å². The van der Waals surface area contributed by atoms with Crippen LogP contribution in [0.4, 0.5) is 5.69 Å². The Bertz CT molecular complexity index is 311. The molecular weight excluding hydrogens is 190 g/mol. The minimum Gasteiger partial charge on any atom is -0.493 e. The SMILES string of the molecule is CCC1(COc2ccc(N)cc2)COC1. The van der Waals surface area contributed by atoms with Crippen LogP contribution in [0.15, 0.2) is 24.3 Å². The molecule has 0 aliphatic carbocycles. The first-order chi connectivity index (χ1) is 7.24. The Labute approximate surface area is 90.2 Å². The molecule has 0 spiro atoms. The number of ether oxygens (including phenoxy) is 2. The molecule has 1 fully saturated rings. The summed E-state index contributed by atoms with van der Waals surface area (Å²) in [5.41, 5.74) is 6.60. The van der Waals surface area contributed by atoms with E-state index in [0.29, 0.717) is 0 Å². The molecule has 2 N–H and O–H groups in total. The lowest BCUT2D eigenvalue weighted by molar-refractivity contribution is -0.133. The molecule has 0 amide bonds. The molecule has 2 rings (SSSR count). The van der Waals surface area contributed by atoms with Crippen LogP contribution in [-0.4, -0.2) is 19.8 Å². The van der Waals surface area contributed by atoms with Crippen molar-refractivity contribution < 1.29 is 9.47 Å². The molecule has 1 aromatic rings. The van der Waals surface area contributed by atoms with Gasteiger partial charge < -0.3 is 15.2 Å². The second kappa shape index (κ2) is 4.11. The van der Waals surface area contributed by atoms with Crippen LogP contribution in [0, 0.1) is 5.41 Å². The average molecular weight is 207 g/mol. The second-order valence-electron chi connectivity index (χ2n) is 4.20.